The third-order valence-corrected chi connectivity index (χ3v) is 3.38. The third-order valence-electron chi connectivity index (χ3n) is 3.38. The van der Waals surface area contributed by atoms with Crippen LogP contribution in [0.15, 0.2) is 42.6 Å². The summed E-state index contributed by atoms with van der Waals surface area (Å²) in [5.41, 5.74) is 2.37. The van der Waals surface area contributed by atoms with Crippen molar-refractivity contribution in [1.82, 2.24) is 9.47 Å². The van der Waals surface area contributed by atoms with Crippen molar-refractivity contribution >= 4 is 5.69 Å². The second-order valence-electron chi connectivity index (χ2n) is 5.32. The Bertz CT molecular complexity index is 548. The molecule has 2 rings (SSSR count). The highest BCUT2D eigenvalue weighted by atomic mass is 16.5. The summed E-state index contributed by atoms with van der Waals surface area (Å²) in [5.74, 6) is 0.910. The van der Waals surface area contributed by atoms with Crippen molar-refractivity contribution in [3.8, 4) is 5.75 Å². The van der Waals surface area contributed by atoms with Gasteiger partial charge in [-0.3, -0.25) is 0 Å². The number of likely N-dealkylation sites (N-methyl/N-ethyl adjacent to an activating group) is 1. The fourth-order valence-electron chi connectivity index (χ4n) is 2.15. The minimum absolute atomic E-state index is 0.704. The van der Waals surface area contributed by atoms with E-state index < -0.39 is 0 Å². The van der Waals surface area contributed by atoms with Crippen molar-refractivity contribution in [2.45, 2.75) is 20.0 Å². The molecule has 2 aromatic rings. The Balaban J connectivity index is 1.89. The maximum atomic E-state index is 5.75. The number of aryl methyl sites for hydroxylation is 1. The molecule has 0 aliphatic heterocycles. The molecule has 0 aliphatic rings. The number of benzene rings is 1. The van der Waals surface area contributed by atoms with Gasteiger partial charge in [-0.25, -0.2) is 0 Å². The SMILES string of the molecule is CCn1cccc1CNc1cccc(OCCN(C)C)c1. The fourth-order valence-corrected chi connectivity index (χ4v) is 2.15. The van der Waals surface area contributed by atoms with E-state index in [4.69, 9.17) is 4.74 Å². The number of aromatic nitrogens is 1. The minimum atomic E-state index is 0.704. The molecule has 4 nitrogen and oxygen atoms in total. The summed E-state index contributed by atoms with van der Waals surface area (Å²) in [6.07, 6.45) is 2.11. The van der Waals surface area contributed by atoms with Gasteiger partial charge in [-0.1, -0.05) is 6.07 Å². The molecule has 0 bridgehead atoms. The molecule has 0 unspecified atom stereocenters. The van der Waals surface area contributed by atoms with Gasteiger partial charge in [0.05, 0.1) is 6.54 Å². The first-order valence-corrected chi connectivity index (χ1v) is 7.44. The number of nitrogens with one attached hydrogen (secondary N) is 1. The lowest BCUT2D eigenvalue weighted by Gasteiger charge is -2.13. The Kier molecular flexibility index (Phi) is 5.69. The Morgan fingerprint density at radius 2 is 2.05 bits per heavy atom. The number of anilines is 1. The molecule has 0 fully saturated rings. The van der Waals surface area contributed by atoms with Crippen LogP contribution in [-0.2, 0) is 13.1 Å². The molecule has 0 atom stereocenters. The predicted octanol–water partition coefficient (Wildman–Crippen LogP) is 3.06. The number of hydrogen-bond acceptors (Lipinski definition) is 3. The van der Waals surface area contributed by atoms with Gasteiger partial charge in [0.25, 0.3) is 0 Å². The van der Waals surface area contributed by atoms with E-state index in [0.717, 1.165) is 31.1 Å². The molecule has 4 heteroatoms. The Morgan fingerprint density at radius 1 is 1.19 bits per heavy atom. The minimum Gasteiger partial charge on any atom is -0.492 e. The Hall–Kier alpha value is -1.94. The van der Waals surface area contributed by atoms with Crippen molar-refractivity contribution in [1.29, 1.82) is 0 Å². The standard InChI is InChI=1S/C17H25N3O/c1-4-20-10-6-8-16(20)14-18-15-7-5-9-17(13-15)21-12-11-19(2)3/h5-10,13,18H,4,11-12,14H2,1-3H3. The van der Waals surface area contributed by atoms with E-state index in [1.807, 2.05) is 26.2 Å². The molecule has 21 heavy (non-hydrogen) atoms. The first-order valence-electron chi connectivity index (χ1n) is 7.44. The van der Waals surface area contributed by atoms with E-state index in [9.17, 15) is 0 Å². The first-order chi connectivity index (χ1) is 10.2. The van der Waals surface area contributed by atoms with Gasteiger partial charge in [0.2, 0.25) is 0 Å². The van der Waals surface area contributed by atoms with Gasteiger partial charge in [-0.05, 0) is 45.3 Å². The molecular formula is C17H25N3O. The lowest BCUT2D eigenvalue weighted by atomic mass is 10.3. The predicted molar refractivity (Wildman–Crippen MR) is 87.9 cm³/mol. The first kappa shape index (κ1) is 15.4. The topological polar surface area (TPSA) is 29.4 Å². The highest BCUT2D eigenvalue weighted by Gasteiger charge is 2.01. The molecule has 0 saturated heterocycles. The summed E-state index contributed by atoms with van der Waals surface area (Å²) in [6.45, 7) is 5.60. The zero-order valence-electron chi connectivity index (χ0n) is 13.2. The molecule has 114 valence electrons. The largest absolute Gasteiger partial charge is 0.492 e. The molecule has 1 aromatic heterocycles. The van der Waals surface area contributed by atoms with Gasteiger partial charge in [0.1, 0.15) is 12.4 Å². The summed E-state index contributed by atoms with van der Waals surface area (Å²) in [6, 6.07) is 12.4. The van der Waals surface area contributed by atoms with Gasteiger partial charge in [0, 0.05) is 36.7 Å². The lowest BCUT2D eigenvalue weighted by Crippen LogP contribution is -2.19. The van der Waals surface area contributed by atoms with Crippen LogP contribution in [0, 0.1) is 0 Å². The van der Waals surface area contributed by atoms with E-state index in [-0.39, 0.29) is 0 Å². The average Bonchev–Trinajstić information content (AvgIpc) is 2.92. The lowest BCUT2D eigenvalue weighted by molar-refractivity contribution is 0.261. The number of rotatable bonds is 8. The summed E-state index contributed by atoms with van der Waals surface area (Å²) in [5, 5.41) is 3.45. The molecule has 0 saturated carbocycles. The van der Waals surface area contributed by atoms with Crippen LogP contribution in [-0.4, -0.2) is 36.7 Å². The highest BCUT2D eigenvalue weighted by molar-refractivity contribution is 5.48. The van der Waals surface area contributed by atoms with Crippen LogP contribution in [0.3, 0.4) is 0 Å². The zero-order chi connectivity index (χ0) is 15.1. The molecule has 0 amide bonds. The van der Waals surface area contributed by atoms with Crippen LogP contribution in [0.2, 0.25) is 0 Å². The maximum absolute atomic E-state index is 5.75. The van der Waals surface area contributed by atoms with Gasteiger partial charge < -0.3 is 19.5 Å². The molecule has 0 aliphatic carbocycles. The van der Waals surface area contributed by atoms with E-state index in [1.165, 1.54) is 5.69 Å². The van der Waals surface area contributed by atoms with Crippen molar-refractivity contribution in [3.05, 3.63) is 48.3 Å². The highest BCUT2D eigenvalue weighted by Crippen LogP contribution is 2.18. The van der Waals surface area contributed by atoms with Crippen LogP contribution in [0.4, 0.5) is 5.69 Å². The monoisotopic (exact) mass is 287 g/mol. The van der Waals surface area contributed by atoms with Crippen LogP contribution in [0.25, 0.3) is 0 Å². The van der Waals surface area contributed by atoms with Crippen LogP contribution >= 0.6 is 0 Å². The molecule has 1 heterocycles. The number of hydrogen-bond donors (Lipinski definition) is 1. The Morgan fingerprint density at radius 3 is 2.81 bits per heavy atom. The normalized spacial score (nSPS) is 10.9. The van der Waals surface area contributed by atoms with E-state index >= 15 is 0 Å². The summed E-state index contributed by atoms with van der Waals surface area (Å²) >= 11 is 0. The zero-order valence-corrected chi connectivity index (χ0v) is 13.2. The average molecular weight is 287 g/mol. The van der Waals surface area contributed by atoms with E-state index in [2.05, 4.69) is 52.2 Å². The van der Waals surface area contributed by atoms with Gasteiger partial charge in [-0.15, -0.1) is 0 Å². The van der Waals surface area contributed by atoms with Gasteiger partial charge in [-0.2, -0.15) is 0 Å². The summed E-state index contributed by atoms with van der Waals surface area (Å²) in [7, 11) is 4.09. The quantitative estimate of drug-likeness (QED) is 0.809. The second-order valence-corrected chi connectivity index (χ2v) is 5.32. The fraction of sp³-hybridized carbons (Fsp3) is 0.412. The molecule has 0 spiro atoms. The van der Waals surface area contributed by atoms with E-state index in [1.54, 1.807) is 0 Å². The number of ether oxygens (including phenoxy) is 1. The Labute approximate surface area is 127 Å². The summed E-state index contributed by atoms with van der Waals surface area (Å²) < 4.78 is 7.99. The van der Waals surface area contributed by atoms with Crippen LogP contribution < -0.4 is 10.1 Å². The smallest absolute Gasteiger partial charge is 0.121 e. The van der Waals surface area contributed by atoms with Crippen molar-refractivity contribution in [2.24, 2.45) is 0 Å². The molecule has 1 aromatic carbocycles. The third kappa shape index (κ3) is 4.83. The van der Waals surface area contributed by atoms with Crippen molar-refractivity contribution in [3.63, 3.8) is 0 Å². The van der Waals surface area contributed by atoms with Crippen molar-refractivity contribution in [2.75, 3.05) is 32.6 Å². The maximum Gasteiger partial charge on any atom is 0.121 e. The second kappa shape index (κ2) is 7.74. The van der Waals surface area contributed by atoms with Crippen LogP contribution in [0.1, 0.15) is 12.6 Å². The number of nitrogens with zero attached hydrogens (tertiary/aromatic N) is 2. The van der Waals surface area contributed by atoms with Gasteiger partial charge >= 0.3 is 0 Å². The molecular weight excluding hydrogens is 262 g/mol. The van der Waals surface area contributed by atoms with E-state index in [0.29, 0.717) is 6.61 Å². The summed E-state index contributed by atoms with van der Waals surface area (Å²) in [4.78, 5) is 2.11. The molecule has 1 N–H and O–H groups in total. The van der Waals surface area contributed by atoms with Crippen molar-refractivity contribution < 1.29 is 4.74 Å². The van der Waals surface area contributed by atoms with Gasteiger partial charge in [0.15, 0.2) is 0 Å². The van der Waals surface area contributed by atoms with Crippen LogP contribution in [0.5, 0.6) is 5.75 Å². The molecule has 0 radical (unpaired) electrons.